The van der Waals surface area contributed by atoms with Crippen LogP contribution in [0.2, 0.25) is 0 Å². The van der Waals surface area contributed by atoms with Crippen molar-refractivity contribution in [2.45, 2.75) is 49.8 Å². The van der Waals surface area contributed by atoms with Crippen molar-refractivity contribution in [2.24, 2.45) is 23.2 Å². The summed E-state index contributed by atoms with van der Waals surface area (Å²) in [6, 6.07) is 7.74. The first-order valence-corrected chi connectivity index (χ1v) is 8.64. The van der Waals surface area contributed by atoms with Crippen LogP contribution >= 0.6 is 12.6 Å². The summed E-state index contributed by atoms with van der Waals surface area (Å²) in [4.78, 5) is 13.3. The monoisotopic (exact) mass is 301 g/mol. The van der Waals surface area contributed by atoms with Gasteiger partial charge >= 0.3 is 0 Å². The van der Waals surface area contributed by atoms with Gasteiger partial charge in [-0.1, -0.05) is 12.1 Å². The molecule has 0 spiro atoms. The lowest BCUT2D eigenvalue weighted by molar-refractivity contribution is -0.124. The van der Waals surface area contributed by atoms with E-state index in [0.29, 0.717) is 11.8 Å². The molecule has 4 aliphatic carbocycles. The Hall–Kier alpha value is -0.960. The van der Waals surface area contributed by atoms with Gasteiger partial charge in [0.2, 0.25) is 5.91 Å². The van der Waals surface area contributed by atoms with E-state index >= 15 is 0 Å². The zero-order chi connectivity index (χ0) is 14.4. The third kappa shape index (κ3) is 2.61. The molecule has 4 aliphatic rings. The molecule has 3 heteroatoms. The fourth-order valence-electron chi connectivity index (χ4n) is 5.62. The Morgan fingerprint density at radius 1 is 1.10 bits per heavy atom. The number of carbonyl (C=O) groups is 1. The van der Waals surface area contributed by atoms with Gasteiger partial charge in [-0.25, -0.2) is 0 Å². The summed E-state index contributed by atoms with van der Waals surface area (Å²) in [7, 11) is 0. The molecule has 0 heterocycles. The van der Waals surface area contributed by atoms with E-state index in [9.17, 15) is 4.79 Å². The van der Waals surface area contributed by atoms with Crippen LogP contribution in [0.4, 0.5) is 5.69 Å². The van der Waals surface area contributed by atoms with Gasteiger partial charge in [-0.15, -0.1) is 12.6 Å². The van der Waals surface area contributed by atoms with E-state index in [2.05, 4.69) is 17.9 Å². The minimum Gasteiger partial charge on any atom is -0.325 e. The number of para-hydroxylation sites is 1. The van der Waals surface area contributed by atoms with Crippen molar-refractivity contribution in [1.82, 2.24) is 0 Å². The smallest absolute Gasteiger partial charge is 0.224 e. The van der Waals surface area contributed by atoms with Crippen molar-refractivity contribution in [2.75, 3.05) is 5.32 Å². The Kier molecular flexibility index (Phi) is 3.29. The fraction of sp³-hybridized carbons (Fsp3) is 0.611. The minimum absolute atomic E-state index is 0.179. The molecule has 0 unspecified atom stereocenters. The minimum atomic E-state index is 0.179. The largest absolute Gasteiger partial charge is 0.325 e. The molecule has 4 fully saturated rings. The van der Waals surface area contributed by atoms with E-state index in [-0.39, 0.29) is 5.91 Å². The van der Waals surface area contributed by atoms with Gasteiger partial charge in [0.05, 0.1) is 5.69 Å². The SMILES string of the molecule is O=C(CC12CC3CC(CC(C3)C1)C2)Nc1ccccc1S. The Labute approximate surface area is 132 Å². The molecule has 2 nitrogen and oxygen atoms in total. The number of carbonyl (C=O) groups excluding carboxylic acids is 1. The third-order valence-corrected chi connectivity index (χ3v) is 6.27. The zero-order valence-electron chi connectivity index (χ0n) is 12.3. The molecule has 1 amide bonds. The van der Waals surface area contributed by atoms with Crippen LogP contribution in [0.25, 0.3) is 0 Å². The summed E-state index contributed by atoms with van der Waals surface area (Å²) in [5, 5.41) is 3.07. The summed E-state index contributed by atoms with van der Waals surface area (Å²) in [5.74, 6) is 2.89. The normalized spacial score (nSPS) is 36.7. The van der Waals surface area contributed by atoms with Crippen LogP contribution in [0.3, 0.4) is 0 Å². The zero-order valence-corrected chi connectivity index (χ0v) is 13.2. The van der Waals surface area contributed by atoms with Crippen LogP contribution in [-0.4, -0.2) is 5.91 Å². The lowest BCUT2D eigenvalue weighted by atomic mass is 9.49. The molecule has 0 atom stereocenters. The molecule has 0 radical (unpaired) electrons. The summed E-state index contributed by atoms with van der Waals surface area (Å²) < 4.78 is 0. The molecule has 21 heavy (non-hydrogen) atoms. The van der Waals surface area contributed by atoms with E-state index in [1.54, 1.807) is 0 Å². The van der Waals surface area contributed by atoms with Gasteiger partial charge in [-0.3, -0.25) is 4.79 Å². The van der Waals surface area contributed by atoms with Gasteiger partial charge in [0.25, 0.3) is 0 Å². The summed E-state index contributed by atoms with van der Waals surface area (Å²) in [6.45, 7) is 0. The van der Waals surface area contributed by atoms with E-state index in [1.807, 2.05) is 24.3 Å². The number of amides is 1. The summed E-state index contributed by atoms with van der Waals surface area (Å²) in [6.07, 6.45) is 8.86. The highest BCUT2D eigenvalue weighted by Crippen LogP contribution is 2.61. The highest BCUT2D eigenvalue weighted by atomic mass is 32.1. The van der Waals surface area contributed by atoms with Gasteiger partial charge in [0.1, 0.15) is 0 Å². The predicted octanol–water partition coefficient (Wildman–Crippen LogP) is 4.52. The third-order valence-electron chi connectivity index (χ3n) is 5.88. The van der Waals surface area contributed by atoms with Crippen LogP contribution in [0.1, 0.15) is 44.9 Å². The van der Waals surface area contributed by atoms with Gasteiger partial charge in [0, 0.05) is 11.3 Å². The maximum atomic E-state index is 12.5. The van der Waals surface area contributed by atoms with Gasteiger partial charge < -0.3 is 5.32 Å². The van der Waals surface area contributed by atoms with Crippen LogP contribution in [0, 0.1) is 23.2 Å². The molecule has 4 saturated carbocycles. The van der Waals surface area contributed by atoms with E-state index in [0.717, 1.165) is 28.3 Å². The quantitative estimate of drug-likeness (QED) is 0.790. The molecule has 0 aliphatic heterocycles. The van der Waals surface area contributed by atoms with Gasteiger partial charge in [-0.05, 0) is 73.8 Å². The molecule has 1 aromatic rings. The molecule has 0 aromatic heterocycles. The molecule has 0 saturated heterocycles. The number of anilines is 1. The van der Waals surface area contributed by atoms with Crippen LogP contribution < -0.4 is 5.32 Å². The van der Waals surface area contributed by atoms with E-state index < -0.39 is 0 Å². The lowest BCUT2D eigenvalue weighted by Crippen LogP contribution is -2.47. The van der Waals surface area contributed by atoms with E-state index in [4.69, 9.17) is 0 Å². The number of nitrogens with one attached hydrogen (secondary N) is 1. The van der Waals surface area contributed by atoms with Crippen LogP contribution in [0.5, 0.6) is 0 Å². The molecule has 5 rings (SSSR count). The summed E-state index contributed by atoms with van der Waals surface area (Å²) in [5.41, 5.74) is 1.15. The van der Waals surface area contributed by atoms with Crippen molar-refractivity contribution < 1.29 is 4.79 Å². The Morgan fingerprint density at radius 2 is 1.67 bits per heavy atom. The molecular formula is C18H23NOS. The molecule has 4 bridgehead atoms. The molecule has 1 N–H and O–H groups in total. The highest BCUT2D eigenvalue weighted by molar-refractivity contribution is 7.80. The first-order chi connectivity index (χ1) is 10.1. The van der Waals surface area contributed by atoms with Crippen molar-refractivity contribution in [3.63, 3.8) is 0 Å². The maximum Gasteiger partial charge on any atom is 0.224 e. The standard InChI is InChI=1S/C18H23NOS/c20-17(19-15-3-1-2-4-16(15)21)11-18-8-12-5-13(9-18)7-14(6-12)10-18/h1-4,12-14,21H,5-11H2,(H,19,20). The van der Waals surface area contributed by atoms with Crippen molar-refractivity contribution in [1.29, 1.82) is 0 Å². The fourth-order valence-corrected chi connectivity index (χ4v) is 5.84. The molecular weight excluding hydrogens is 278 g/mol. The van der Waals surface area contributed by atoms with Gasteiger partial charge in [0.15, 0.2) is 0 Å². The van der Waals surface area contributed by atoms with Gasteiger partial charge in [-0.2, -0.15) is 0 Å². The van der Waals surface area contributed by atoms with E-state index in [1.165, 1.54) is 38.5 Å². The lowest BCUT2D eigenvalue weighted by Gasteiger charge is -2.56. The average Bonchev–Trinajstić information content (AvgIpc) is 2.39. The Morgan fingerprint density at radius 3 is 2.24 bits per heavy atom. The first-order valence-electron chi connectivity index (χ1n) is 8.20. The Balaban J connectivity index is 1.46. The Bertz CT molecular complexity index is 533. The topological polar surface area (TPSA) is 29.1 Å². The average molecular weight is 301 g/mol. The number of hydrogen-bond acceptors (Lipinski definition) is 2. The second-order valence-corrected chi connectivity index (χ2v) is 8.14. The first kappa shape index (κ1) is 13.7. The predicted molar refractivity (Wildman–Crippen MR) is 87.5 cm³/mol. The number of thiol groups is 1. The van der Waals surface area contributed by atoms with Crippen LogP contribution in [0.15, 0.2) is 29.2 Å². The van der Waals surface area contributed by atoms with Crippen molar-refractivity contribution >= 4 is 24.2 Å². The van der Waals surface area contributed by atoms with Crippen molar-refractivity contribution in [3.8, 4) is 0 Å². The second kappa shape index (κ2) is 5.05. The number of benzene rings is 1. The number of rotatable bonds is 3. The molecule has 1 aromatic carbocycles. The second-order valence-electron chi connectivity index (χ2n) is 7.66. The van der Waals surface area contributed by atoms with Crippen LogP contribution in [-0.2, 0) is 4.79 Å². The number of hydrogen-bond donors (Lipinski definition) is 2. The maximum absolute atomic E-state index is 12.5. The van der Waals surface area contributed by atoms with Crippen molar-refractivity contribution in [3.05, 3.63) is 24.3 Å². The summed E-state index contributed by atoms with van der Waals surface area (Å²) >= 11 is 4.41. The highest BCUT2D eigenvalue weighted by Gasteiger charge is 2.51. The molecule has 112 valence electrons.